The van der Waals surface area contributed by atoms with E-state index in [0.29, 0.717) is 0 Å². The van der Waals surface area contributed by atoms with Crippen LogP contribution in [0, 0.1) is 0 Å². The highest BCUT2D eigenvalue weighted by molar-refractivity contribution is 6.11. The number of fused-ring (bicyclic) bond motifs is 6. The maximum atomic E-state index is 6.40. The van der Waals surface area contributed by atoms with Gasteiger partial charge in [-0.3, -0.25) is 0 Å². The quantitative estimate of drug-likeness (QED) is 0.136. The van der Waals surface area contributed by atoms with E-state index in [9.17, 15) is 0 Å². The lowest BCUT2D eigenvalue weighted by Crippen LogP contribution is -2.11. The Bertz CT molecular complexity index is 4320. The Hall–Kier alpha value is -9.96. The minimum Gasteiger partial charge on any atom is -0.455 e. The van der Waals surface area contributed by atoms with Crippen LogP contribution in [0.15, 0.2) is 296 Å². The maximum absolute atomic E-state index is 6.40. The molecule has 0 aliphatic carbocycles. The molecular formula is C72H48N2O. The second-order valence-corrected chi connectivity index (χ2v) is 19.2. The van der Waals surface area contributed by atoms with Gasteiger partial charge in [-0.2, -0.15) is 0 Å². The Morgan fingerprint density at radius 2 is 0.693 bits per heavy atom. The Balaban J connectivity index is 0.807. The molecule has 0 aliphatic rings. The average molecular weight is 957 g/mol. The van der Waals surface area contributed by atoms with Gasteiger partial charge in [0.1, 0.15) is 11.2 Å². The molecule has 2 heterocycles. The van der Waals surface area contributed by atoms with E-state index in [1.165, 1.54) is 49.7 Å². The van der Waals surface area contributed by atoms with Crippen LogP contribution in [0.5, 0.6) is 0 Å². The molecule has 14 rings (SSSR count). The van der Waals surface area contributed by atoms with E-state index in [1.807, 2.05) is 12.1 Å². The predicted molar refractivity (Wildman–Crippen MR) is 315 cm³/mol. The minimum atomic E-state index is 0.907. The van der Waals surface area contributed by atoms with Gasteiger partial charge in [-0.25, -0.2) is 0 Å². The highest BCUT2D eigenvalue weighted by Crippen LogP contribution is 2.44. The SMILES string of the molecule is c1ccc(-c2cccc(-c3ccccc3N(c3ccc(-c4ccc(-c5ccccc5-n5c6ccccc6c6ccccc65)cc4)cc3)c3ccc(-c4ccc(-c5cccc6c5oc5ccccc56)cc4)cc3)c2)cc1. The summed E-state index contributed by atoms with van der Waals surface area (Å²) >= 11 is 0. The van der Waals surface area contributed by atoms with Crippen LogP contribution >= 0.6 is 0 Å². The molecule has 12 aromatic carbocycles. The number of para-hydroxylation sites is 6. The fraction of sp³-hybridized carbons (Fsp3) is 0. The standard InChI is InChI=1S/C72H48N2O/c1-2-16-49(17-3-1)56-18-14-19-57(48-56)61-21-5-9-27-67(61)73(59-46-42-53(43-47-59)51-34-38-55(39-35-51)62-25-15-26-66-65-24-8-13-31-71(65)75-72(62)66)58-44-40-52(41-45-58)50-32-36-54(37-33-50)60-20-4-10-28-68(60)74-69-29-11-6-22-63(69)64-23-7-12-30-70(64)74/h1-48H. The number of rotatable bonds is 10. The highest BCUT2D eigenvalue weighted by Gasteiger charge is 2.20. The molecule has 352 valence electrons. The molecule has 75 heavy (non-hydrogen) atoms. The average Bonchev–Trinajstić information content (AvgIpc) is 4.06. The topological polar surface area (TPSA) is 21.3 Å². The summed E-state index contributed by atoms with van der Waals surface area (Å²) < 4.78 is 8.81. The Kier molecular flexibility index (Phi) is 10.8. The molecular weight excluding hydrogens is 909 g/mol. The van der Waals surface area contributed by atoms with E-state index in [1.54, 1.807) is 0 Å². The number of hydrogen-bond acceptors (Lipinski definition) is 2. The first-order valence-electron chi connectivity index (χ1n) is 25.6. The molecule has 0 saturated heterocycles. The molecule has 0 N–H and O–H groups in total. The van der Waals surface area contributed by atoms with Crippen molar-refractivity contribution in [2.24, 2.45) is 0 Å². The van der Waals surface area contributed by atoms with Crippen LogP contribution in [-0.4, -0.2) is 4.57 Å². The van der Waals surface area contributed by atoms with Crippen molar-refractivity contribution in [1.29, 1.82) is 0 Å². The summed E-state index contributed by atoms with van der Waals surface area (Å²) in [5.41, 5.74) is 22.5. The van der Waals surface area contributed by atoms with Gasteiger partial charge in [-0.15, -0.1) is 0 Å². The molecule has 3 heteroatoms. The molecule has 0 radical (unpaired) electrons. The molecule has 0 spiro atoms. The van der Waals surface area contributed by atoms with Crippen molar-refractivity contribution in [1.82, 2.24) is 4.57 Å². The zero-order chi connectivity index (χ0) is 49.7. The normalized spacial score (nSPS) is 11.5. The van der Waals surface area contributed by atoms with Gasteiger partial charge >= 0.3 is 0 Å². The van der Waals surface area contributed by atoms with Crippen molar-refractivity contribution in [3.63, 3.8) is 0 Å². The summed E-state index contributed by atoms with van der Waals surface area (Å²) in [5.74, 6) is 0. The lowest BCUT2D eigenvalue weighted by molar-refractivity contribution is 0.670. The second kappa shape index (κ2) is 18.6. The van der Waals surface area contributed by atoms with Crippen LogP contribution in [0.25, 0.3) is 116 Å². The molecule has 0 bridgehead atoms. The Morgan fingerprint density at radius 1 is 0.267 bits per heavy atom. The maximum Gasteiger partial charge on any atom is 0.143 e. The highest BCUT2D eigenvalue weighted by atomic mass is 16.3. The largest absolute Gasteiger partial charge is 0.455 e. The third kappa shape index (κ3) is 7.86. The lowest BCUT2D eigenvalue weighted by Gasteiger charge is -2.28. The zero-order valence-corrected chi connectivity index (χ0v) is 41.0. The molecule has 0 aliphatic heterocycles. The molecule has 0 atom stereocenters. The molecule has 0 amide bonds. The van der Waals surface area contributed by atoms with Crippen molar-refractivity contribution in [3.8, 4) is 72.4 Å². The van der Waals surface area contributed by atoms with E-state index in [4.69, 9.17) is 4.42 Å². The van der Waals surface area contributed by atoms with Crippen molar-refractivity contribution in [3.05, 3.63) is 291 Å². The third-order valence-electron chi connectivity index (χ3n) is 14.9. The van der Waals surface area contributed by atoms with Crippen LogP contribution in [0.1, 0.15) is 0 Å². The summed E-state index contributed by atoms with van der Waals surface area (Å²) in [6, 6.07) is 105. The summed E-state index contributed by atoms with van der Waals surface area (Å²) in [4.78, 5) is 2.39. The van der Waals surface area contributed by atoms with Crippen molar-refractivity contribution in [2.45, 2.75) is 0 Å². The van der Waals surface area contributed by atoms with Crippen LogP contribution in [0.4, 0.5) is 17.1 Å². The van der Waals surface area contributed by atoms with E-state index in [-0.39, 0.29) is 0 Å². The van der Waals surface area contributed by atoms with E-state index in [0.717, 1.165) is 83.5 Å². The van der Waals surface area contributed by atoms with E-state index < -0.39 is 0 Å². The number of aromatic nitrogens is 1. The fourth-order valence-corrected chi connectivity index (χ4v) is 11.2. The summed E-state index contributed by atoms with van der Waals surface area (Å²) in [6.45, 7) is 0. The number of anilines is 3. The van der Waals surface area contributed by atoms with E-state index >= 15 is 0 Å². The predicted octanol–water partition coefficient (Wildman–Crippen LogP) is 20.2. The first kappa shape index (κ1) is 43.8. The molecule has 0 fully saturated rings. The number of hydrogen-bond donors (Lipinski definition) is 0. The molecule has 0 saturated carbocycles. The Labute approximate surface area is 436 Å². The van der Waals surface area contributed by atoms with Gasteiger partial charge in [0.2, 0.25) is 0 Å². The molecule has 14 aromatic rings. The smallest absolute Gasteiger partial charge is 0.143 e. The van der Waals surface area contributed by atoms with Gasteiger partial charge in [0.25, 0.3) is 0 Å². The van der Waals surface area contributed by atoms with Gasteiger partial charge in [-0.1, -0.05) is 231 Å². The molecule has 2 aromatic heterocycles. The summed E-state index contributed by atoms with van der Waals surface area (Å²) in [6.07, 6.45) is 0. The van der Waals surface area contributed by atoms with Crippen molar-refractivity contribution < 1.29 is 4.42 Å². The minimum absolute atomic E-state index is 0.907. The van der Waals surface area contributed by atoms with Gasteiger partial charge < -0.3 is 13.9 Å². The summed E-state index contributed by atoms with van der Waals surface area (Å²) in [5, 5.41) is 4.79. The van der Waals surface area contributed by atoms with Gasteiger partial charge in [0, 0.05) is 49.6 Å². The number of nitrogens with zero attached hydrogens (tertiary/aromatic N) is 2. The molecule has 3 nitrogen and oxygen atoms in total. The van der Waals surface area contributed by atoms with Crippen LogP contribution in [-0.2, 0) is 0 Å². The lowest BCUT2D eigenvalue weighted by atomic mass is 9.96. The fourth-order valence-electron chi connectivity index (χ4n) is 11.2. The van der Waals surface area contributed by atoms with Crippen LogP contribution in [0.2, 0.25) is 0 Å². The van der Waals surface area contributed by atoms with Crippen LogP contribution < -0.4 is 4.90 Å². The van der Waals surface area contributed by atoms with Gasteiger partial charge in [-0.05, 0) is 111 Å². The third-order valence-corrected chi connectivity index (χ3v) is 14.9. The first-order chi connectivity index (χ1) is 37.2. The zero-order valence-electron chi connectivity index (χ0n) is 41.0. The van der Waals surface area contributed by atoms with Crippen molar-refractivity contribution >= 4 is 60.8 Å². The Morgan fingerprint density at radius 3 is 1.35 bits per heavy atom. The molecule has 0 unspecified atom stereocenters. The van der Waals surface area contributed by atoms with E-state index in [2.05, 4.69) is 289 Å². The van der Waals surface area contributed by atoms with Gasteiger partial charge in [0.05, 0.1) is 22.4 Å². The van der Waals surface area contributed by atoms with Crippen LogP contribution in [0.3, 0.4) is 0 Å². The van der Waals surface area contributed by atoms with Crippen molar-refractivity contribution in [2.75, 3.05) is 4.90 Å². The number of benzene rings is 12. The number of furan rings is 1. The monoisotopic (exact) mass is 956 g/mol. The van der Waals surface area contributed by atoms with Gasteiger partial charge in [0.15, 0.2) is 0 Å². The second-order valence-electron chi connectivity index (χ2n) is 19.2. The summed E-state index contributed by atoms with van der Waals surface area (Å²) in [7, 11) is 0. The first-order valence-corrected chi connectivity index (χ1v) is 25.6.